The summed E-state index contributed by atoms with van der Waals surface area (Å²) in [5.74, 6) is 0.331. The van der Waals surface area contributed by atoms with Crippen LogP contribution in [0.15, 0.2) is 23.2 Å². The molecule has 0 fully saturated rings. The van der Waals surface area contributed by atoms with E-state index in [-0.39, 0.29) is 10.0 Å². The normalized spacial score (nSPS) is 13.8. The number of rotatable bonds is 6. The van der Waals surface area contributed by atoms with Gasteiger partial charge in [0.1, 0.15) is 5.15 Å². The third-order valence-corrected chi connectivity index (χ3v) is 5.04. The van der Waals surface area contributed by atoms with E-state index in [0.717, 1.165) is 6.42 Å². The Bertz CT molecular complexity index is 491. The zero-order valence-corrected chi connectivity index (χ0v) is 12.5. The minimum absolute atomic E-state index is 0.190. The summed E-state index contributed by atoms with van der Waals surface area (Å²) in [6, 6.07) is 2.86. The lowest BCUT2D eigenvalue weighted by molar-refractivity contribution is 0.361. The summed E-state index contributed by atoms with van der Waals surface area (Å²) in [5.41, 5.74) is 0. The molecule has 0 saturated carbocycles. The Morgan fingerprint density at radius 2 is 2.11 bits per heavy atom. The van der Waals surface area contributed by atoms with E-state index in [2.05, 4.69) is 11.9 Å². The predicted molar refractivity (Wildman–Crippen MR) is 73.1 cm³/mol. The maximum atomic E-state index is 12.4. The van der Waals surface area contributed by atoms with Gasteiger partial charge in [0.15, 0.2) is 0 Å². The van der Waals surface area contributed by atoms with Crippen molar-refractivity contribution in [3.63, 3.8) is 0 Å². The van der Waals surface area contributed by atoms with Crippen molar-refractivity contribution in [2.75, 3.05) is 13.1 Å². The summed E-state index contributed by atoms with van der Waals surface area (Å²) in [6.45, 7) is 6.90. The molecule has 1 rings (SSSR count). The van der Waals surface area contributed by atoms with Gasteiger partial charge in [-0.3, -0.25) is 0 Å². The molecule has 1 aromatic heterocycles. The van der Waals surface area contributed by atoms with Crippen molar-refractivity contribution in [1.82, 2.24) is 9.29 Å². The van der Waals surface area contributed by atoms with Crippen molar-refractivity contribution >= 4 is 21.6 Å². The van der Waals surface area contributed by atoms with Gasteiger partial charge in [-0.15, -0.1) is 0 Å². The quantitative estimate of drug-likeness (QED) is 0.757. The van der Waals surface area contributed by atoms with Gasteiger partial charge in [-0.2, -0.15) is 4.31 Å². The van der Waals surface area contributed by atoms with E-state index in [0.29, 0.717) is 19.0 Å². The van der Waals surface area contributed by atoms with E-state index in [9.17, 15) is 8.42 Å². The van der Waals surface area contributed by atoms with Crippen LogP contribution in [0.25, 0.3) is 0 Å². The SMILES string of the molecule is CCC(C)CN(CC)S(=O)(=O)c1ccnc(Cl)c1. The van der Waals surface area contributed by atoms with Crippen LogP contribution in [0.3, 0.4) is 0 Å². The Kier molecular flexibility index (Phi) is 5.56. The zero-order valence-electron chi connectivity index (χ0n) is 10.9. The van der Waals surface area contributed by atoms with Gasteiger partial charge in [-0.05, 0) is 18.1 Å². The van der Waals surface area contributed by atoms with Gasteiger partial charge < -0.3 is 0 Å². The maximum Gasteiger partial charge on any atom is 0.243 e. The largest absolute Gasteiger partial charge is 0.244 e. The number of nitrogens with zero attached hydrogens (tertiary/aromatic N) is 2. The molecule has 1 unspecified atom stereocenters. The zero-order chi connectivity index (χ0) is 13.8. The number of pyridine rings is 1. The first-order chi connectivity index (χ1) is 8.41. The highest BCUT2D eigenvalue weighted by Gasteiger charge is 2.24. The molecule has 0 saturated heterocycles. The first-order valence-corrected chi connectivity index (χ1v) is 7.85. The van der Waals surface area contributed by atoms with Crippen LogP contribution in [-0.2, 0) is 10.0 Å². The molecule has 0 aromatic carbocycles. The van der Waals surface area contributed by atoms with Crippen LogP contribution < -0.4 is 0 Å². The molecular formula is C12H19ClN2O2S. The van der Waals surface area contributed by atoms with Crippen LogP contribution in [0.4, 0.5) is 0 Å². The van der Waals surface area contributed by atoms with Gasteiger partial charge in [-0.1, -0.05) is 38.8 Å². The van der Waals surface area contributed by atoms with Crippen LogP contribution in [0.2, 0.25) is 5.15 Å². The molecule has 0 aliphatic carbocycles. The predicted octanol–water partition coefficient (Wildman–Crippen LogP) is 2.79. The molecule has 102 valence electrons. The number of hydrogen-bond acceptors (Lipinski definition) is 3. The molecule has 0 bridgehead atoms. The molecule has 0 aliphatic rings. The Morgan fingerprint density at radius 3 is 2.61 bits per heavy atom. The molecule has 0 N–H and O–H groups in total. The van der Waals surface area contributed by atoms with Gasteiger partial charge in [0.2, 0.25) is 10.0 Å². The van der Waals surface area contributed by atoms with Crippen LogP contribution in [0.5, 0.6) is 0 Å². The lowest BCUT2D eigenvalue weighted by Gasteiger charge is -2.23. The molecule has 1 atom stereocenters. The first-order valence-electron chi connectivity index (χ1n) is 6.03. The fourth-order valence-corrected chi connectivity index (χ4v) is 3.39. The molecular weight excluding hydrogens is 272 g/mol. The summed E-state index contributed by atoms with van der Waals surface area (Å²) in [6.07, 6.45) is 2.36. The smallest absolute Gasteiger partial charge is 0.243 e. The van der Waals surface area contributed by atoms with Crippen LogP contribution in [-0.4, -0.2) is 30.8 Å². The lowest BCUT2D eigenvalue weighted by atomic mass is 10.1. The standard InChI is InChI=1S/C12H19ClN2O2S/c1-4-10(3)9-15(5-2)18(16,17)11-6-7-14-12(13)8-11/h6-8,10H,4-5,9H2,1-3H3. The first kappa shape index (κ1) is 15.4. The van der Waals surface area contributed by atoms with Crippen molar-refractivity contribution in [1.29, 1.82) is 0 Å². The lowest BCUT2D eigenvalue weighted by Crippen LogP contribution is -2.34. The van der Waals surface area contributed by atoms with Crippen LogP contribution in [0.1, 0.15) is 27.2 Å². The number of aromatic nitrogens is 1. The van der Waals surface area contributed by atoms with Gasteiger partial charge in [0.05, 0.1) is 4.90 Å². The summed E-state index contributed by atoms with van der Waals surface area (Å²) in [5, 5.41) is 0.190. The molecule has 6 heteroatoms. The van der Waals surface area contributed by atoms with E-state index in [1.807, 2.05) is 13.8 Å². The number of halogens is 1. The topological polar surface area (TPSA) is 50.3 Å². The van der Waals surface area contributed by atoms with Gasteiger partial charge in [0, 0.05) is 19.3 Å². The molecule has 1 aromatic rings. The fourth-order valence-electron chi connectivity index (χ4n) is 1.57. The fraction of sp³-hybridized carbons (Fsp3) is 0.583. The van der Waals surface area contributed by atoms with E-state index in [1.54, 1.807) is 0 Å². The minimum atomic E-state index is -3.47. The minimum Gasteiger partial charge on any atom is -0.244 e. The van der Waals surface area contributed by atoms with Crippen LogP contribution in [0, 0.1) is 5.92 Å². The molecule has 4 nitrogen and oxygen atoms in total. The van der Waals surface area contributed by atoms with E-state index < -0.39 is 10.0 Å². The molecule has 18 heavy (non-hydrogen) atoms. The summed E-state index contributed by atoms with van der Waals surface area (Å²) in [4.78, 5) is 4.00. The third kappa shape index (κ3) is 3.67. The van der Waals surface area contributed by atoms with Crippen LogP contribution >= 0.6 is 11.6 Å². The maximum absolute atomic E-state index is 12.4. The Hall–Kier alpha value is -0.650. The summed E-state index contributed by atoms with van der Waals surface area (Å²) >= 11 is 5.74. The summed E-state index contributed by atoms with van der Waals surface area (Å²) in [7, 11) is -3.47. The highest BCUT2D eigenvalue weighted by Crippen LogP contribution is 2.19. The highest BCUT2D eigenvalue weighted by molar-refractivity contribution is 7.89. The highest BCUT2D eigenvalue weighted by atomic mass is 35.5. The van der Waals surface area contributed by atoms with E-state index >= 15 is 0 Å². The Morgan fingerprint density at radius 1 is 1.44 bits per heavy atom. The number of sulfonamides is 1. The van der Waals surface area contributed by atoms with E-state index in [1.165, 1.54) is 22.6 Å². The van der Waals surface area contributed by atoms with Crippen molar-refractivity contribution in [3.8, 4) is 0 Å². The third-order valence-electron chi connectivity index (χ3n) is 2.90. The van der Waals surface area contributed by atoms with Crippen molar-refractivity contribution in [2.24, 2.45) is 5.92 Å². The van der Waals surface area contributed by atoms with Gasteiger partial charge in [-0.25, -0.2) is 13.4 Å². The van der Waals surface area contributed by atoms with Gasteiger partial charge in [0.25, 0.3) is 0 Å². The van der Waals surface area contributed by atoms with E-state index in [4.69, 9.17) is 11.6 Å². The molecule has 0 amide bonds. The monoisotopic (exact) mass is 290 g/mol. The molecule has 0 spiro atoms. The second kappa shape index (κ2) is 6.50. The Labute approximate surface area is 114 Å². The second-order valence-electron chi connectivity index (χ2n) is 4.28. The molecule has 0 radical (unpaired) electrons. The second-order valence-corrected chi connectivity index (χ2v) is 6.61. The molecule has 0 aliphatic heterocycles. The van der Waals surface area contributed by atoms with Crippen molar-refractivity contribution in [3.05, 3.63) is 23.5 Å². The van der Waals surface area contributed by atoms with Gasteiger partial charge >= 0.3 is 0 Å². The van der Waals surface area contributed by atoms with Crippen molar-refractivity contribution < 1.29 is 8.42 Å². The van der Waals surface area contributed by atoms with Crippen molar-refractivity contribution in [2.45, 2.75) is 32.1 Å². The Balaban J connectivity index is 3.03. The average Bonchev–Trinajstić information content (AvgIpc) is 2.35. The molecule has 1 heterocycles. The number of hydrogen-bond donors (Lipinski definition) is 0. The average molecular weight is 291 g/mol. The summed E-state index contributed by atoms with van der Waals surface area (Å²) < 4.78 is 26.3.